The van der Waals surface area contributed by atoms with Crippen LogP contribution in [-0.2, 0) is 6.42 Å². The van der Waals surface area contributed by atoms with E-state index < -0.39 is 6.01 Å². The van der Waals surface area contributed by atoms with Crippen molar-refractivity contribution in [1.82, 2.24) is 0 Å². The van der Waals surface area contributed by atoms with Crippen LogP contribution in [0.4, 0.5) is 4.39 Å². The molecule has 0 atom stereocenters. The smallest absolute Gasteiger partial charge is 0.140 e. The minimum Gasteiger partial charge on any atom is -0.496 e. The summed E-state index contributed by atoms with van der Waals surface area (Å²) in [5.74, 6) is 1.38. The standard InChI is InChI=1S/C11H16FNO2S/c1-14-9-6-11(16-7-12)10(15-2)5-8(9)3-4-13/h5-6H,3-4,7,13H2,1-2H3. The molecule has 0 heterocycles. The number of benzene rings is 1. The van der Waals surface area contributed by atoms with E-state index in [9.17, 15) is 4.39 Å². The highest BCUT2D eigenvalue weighted by Gasteiger charge is 2.11. The fourth-order valence-corrected chi connectivity index (χ4v) is 2.05. The fourth-order valence-electron chi connectivity index (χ4n) is 1.46. The summed E-state index contributed by atoms with van der Waals surface area (Å²) in [7, 11) is 3.15. The van der Waals surface area contributed by atoms with Crippen LogP contribution < -0.4 is 15.2 Å². The van der Waals surface area contributed by atoms with E-state index >= 15 is 0 Å². The van der Waals surface area contributed by atoms with Gasteiger partial charge in [0, 0.05) is 0 Å². The van der Waals surface area contributed by atoms with Gasteiger partial charge in [-0.1, -0.05) is 11.8 Å². The zero-order valence-electron chi connectivity index (χ0n) is 9.46. The van der Waals surface area contributed by atoms with Crippen LogP contribution >= 0.6 is 11.8 Å². The Hall–Kier alpha value is -0.940. The lowest BCUT2D eigenvalue weighted by molar-refractivity contribution is 0.390. The van der Waals surface area contributed by atoms with Crippen molar-refractivity contribution in [3.63, 3.8) is 0 Å². The number of rotatable bonds is 6. The summed E-state index contributed by atoms with van der Waals surface area (Å²) in [5, 5.41) is 0. The van der Waals surface area contributed by atoms with Crippen LogP contribution in [0.2, 0.25) is 0 Å². The van der Waals surface area contributed by atoms with Gasteiger partial charge in [0.25, 0.3) is 0 Å². The molecule has 1 aromatic carbocycles. The lowest BCUT2D eigenvalue weighted by atomic mass is 10.1. The Bertz CT molecular complexity index is 313. The lowest BCUT2D eigenvalue weighted by Gasteiger charge is -2.13. The molecule has 0 bridgehead atoms. The molecule has 0 aliphatic carbocycles. The Balaban J connectivity index is 3.11. The second-order valence-corrected chi connectivity index (χ2v) is 4.05. The van der Waals surface area contributed by atoms with Crippen LogP contribution in [0.3, 0.4) is 0 Å². The molecule has 0 unspecified atom stereocenters. The van der Waals surface area contributed by atoms with Crippen molar-refractivity contribution in [1.29, 1.82) is 0 Å². The molecule has 0 spiro atoms. The quantitative estimate of drug-likeness (QED) is 0.781. The van der Waals surface area contributed by atoms with Crippen LogP contribution in [0.1, 0.15) is 5.56 Å². The number of halogens is 1. The molecule has 0 radical (unpaired) electrons. The maximum atomic E-state index is 12.3. The summed E-state index contributed by atoms with van der Waals surface area (Å²) < 4.78 is 22.8. The Labute approximate surface area is 99.1 Å². The Kier molecular flexibility index (Phi) is 5.42. The van der Waals surface area contributed by atoms with Gasteiger partial charge >= 0.3 is 0 Å². The van der Waals surface area contributed by atoms with Gasteiger partial charge < -0.3 is 15.2 Å². The molecule has 0 saturated carbocycles. The van der Waals surface area contributed by atoms with Gasteiger partial charge in [-0.15, -0.1) is 0 Å². The summed E-state index contributed by atoms with van der Waals surface area (Å²) >= 11 is 1.08. The summed E-state index contributed by atoms with van der Waals surface area (Å²) in [5.41, 5.74) is 6.49. The van der Waals surface area contributed by atoms with Gasteiger partial charge in [-0.25, -0.2) is 4.39 Å². The summed E-state index contributed by atoms with van der Waals surface area (Å²) in [6, 6.07) is 3.15. The third-order valence-electron chi connectivity index (χ3n) is 2.19. The number of thioether (sulfide) groups is 1. The number of hydrogen-bond acceptors (Lipinski definition) is 4. The van der Waals surface area contributed by atoms with Crippen molar-refractivity contribution < 1.29 is 13.9 Å². The van der Waals surface area contributed by atoms with Crippen LogP contribution in [0.15, 0.2) is 17.0 Å². The van der Waals surface area contributed by atoms with E-state index in [-0.39, 0.29) is 0 Å². The lowest BCUT2D eigenvalue weighted by Crippen LogP contribution is -2.05. The predicted molar refractivity (Wildman–Crippen MR) is 64.1 cm³/mol. The van der Waals surface area contributed by atoms with Crippen molar-refractivity contribution >= 4 is 11.8 Å². The number of alkyl halides is 1. The molecule has 5 heteroatoms. The van der Waals surface area contributed by atoms with Crippen LogP contribution in [-0.4, -0.2) is 26.8 Å². The van der Waals surface area contributed by atoms with Crippen LogP contribution in [0, 0.1) is 0 Å². The monoisotopic (exact) mass is 245 g/mol. The zero-order chi connectivity index (χ0) is 12.0. The average molecular weight is 245 g/mol. The largest absolute Gasteiger partial charge is 0.496 e. The van der Waals surface area contributed by atoms with Gasteiger partial charge in [0.05, 0.1) is 19.1 Å². The molecule has 0 saturated heterocycles. The molecule has 1 rings (SSSR count). The first-order valence-corrected chi connectivity index (χ1v) is 5.89. The van der Waals surface area contributed by atoms with Crippen molar-refractivity contribution in [2.45, 2.75) is 11.3 Å². The summed E-state index contributed by atoms with van der Waals surface area (Å²) in [6.07, 6.45) is 0.708. The molecule has 0 aliphatic rings. The van der Waals surface area contributed by atoms with Gasteiger partial charge in [-0.05, 0) is 30.7 Å². The third kappa shape index (κ3) is 3.02. The van der Waals surface area contributed by atoms with Crippen LogP contribution in [0.25, 0.3) is 0 Å². The molecule has 3 nitrogen and oxygen atoms in total. The topological polar surface area (TPSA) is 44.5 Å². The number of nitrogens with two attached hydrogens (primary N) is 1. The molecule has 2 N–H and O–H groups in total. The fraction of sp³-hybridized carbons (Fsp3) is 0.455. The van der Waals surface area contributed by atoms with E-state index in [1.807, 2.05) is 6.07 Å². The molecule has 0 aromatic heterocycles. The summed E-state index contributed by atoms with van der Waals surface area (Å²) in [6.45, 7) is 0.537. The van der Waals surface area contributed by atoms with Gasteiger partial charge in [0.1, 0.15) is 17.5 Å². The Morgan fingerprint density at radius 2 is 1.94 bits per heavy atom. The third-order valence-corrected chi connectivity index (χ3v) is 2.93. The van der Waals surface area contributed by atoms with E-state index in [0.29, 0.717) is 18.7 Å². The SMILES string of the molecule is COc1cc(SCF)c(OC)cc1CCN. The number of methoxy groups -OCH3 is 2. The van der Waals surface area contributed by atoms with Gasteiger partial charge in [-0.3, -0.25) is 0 Å². The molecular formula is C11H16FNO2S. The molecule has 16 heavy (non-hydrogen) atoms. The molecular weight excluding hydrogens is 229 g/mol. The zero-order valence-corrected chi connectivity index (χ0v) is 10.3. The second-order valence-electron chi connectivity index (χ2n) is 3.11. The first-order valence-electron chi connectivity index (χ1n) is 4.90. The number of hydrogen-bond donors (Lipinski definition) is 1. The molecule has 1 aromatic rings. The van der Waals surface area contributed by atoms with E-state index in [1.165, 1.54) is 0 Å². The second kappa shape index (κ2) is 6.60. The normalized spacial score (nSPS) is 10.2. The van der Waals surface area contributed by atoms with Crippen molar-refractivity contribution in [3.8, 4) is 11.5 Å². The number of ether oxygens (including phenoxy) is 2. The first-order chi connectivity index (χ1) is 7.76. The Morgan fingerprint density at radius 3 is 2.44 bits per heavy atom. The average Bonchev–Trinajstić information content (AvgIpc) is 2.31. The van der Waals surface area contributed by atoms with Crippen molar-refractivity contribution in [3.05, 3.63) is 17.7 Å². The van der Waals surface area contributed by atoms with E-state index in [1.54, 1.807) is 20.3 Å². The molecule has 90 valence electrons. The first kappa shape index (κ1) is 13.1. The van der Waals surface area contributed by atoms with E-state index in [0.717, 1.165) is 28.0 Å². The van der Waals surface area contributed by atoms with Crippen molar-refractivity contribution in [2.24, 2.45) is 5.73 Å². The van der Waals surface area contributed by atoms with E-state index in [2.05, 4.69) is 0 Å². The van der Waals surface area contributed by atoms with Crippen LogP contribution in [0.5, 0.6) is 11.5 Å². The van der Waals surface area contributed by atoms with Gasteiger partial charge in [-0.2, -0.15) is 0 Å². The highest BCUT2D eigenvalue weighted by molar-refractivity contribution is 7.99. The minimum atomic E-state index is -0.490. The maximum Gasteiger partial charge on any atom is 0.140 e. The highest BCUT2D eigenvalue weighted by atomic mass is 32.2. The van der Waals surface area contributed by atoms with Gasteiger partial charge in [0.2, 0.25) is 0 Å². The Morgan fingerprint density at radius 1 is 1.25 bits per heavy atom. The molecule has 0 aliphatic heterocycles. The van der Waals surface area contributed by atoms with E-state index in [4.69, 9.17) is 15.2 Å². The minimum absolute atomic E-state index is 0.490. The summed E-state index contributed by atoms with van der Waals surface area (Å²) in [4.78, 5) is 0.739. The van der Waals surface area contributed by atoms with Crippen molar-refractivity contribution in [2.75, 3.05) is 26.8 Å². The predicted octanol–water partition coefficient (Wildman–Crippen LogP) is 2.22. The molecule has 0 fully saturated rings. The maximum absolute atomic E-state index is 12.3. The molecule has 0 amide bonds. The highest BCUT2D eigenvalue weighted by Crippen LogP contribution is 2.35. The van der Waals surface area contributed by atoms with Gasteiger partial charge in [0.15, 0.2) is 0 Å².